The average molecular weight is 267 g/mol. The largest absolute Gasteiger partial charge is 0.297 e. The number of fused-ring (bicyclic) bond motifs is 1. The number of aryl methyl sites for hydroxylation is 1. The molecule has 98 valence electrons. The molecule has 5 heteroatoms. The minimum Gasteiger partial charge on any atom is -0.297 e. The normalized spacial score (nSPS) is 19.6. The molecule has 1 unspecified atom stereocenters. The molecule has 0 aromatic carbocycles. The number of sulfone groups is 1. The van der Waals surface area contributed by atoms with E-state index in [4.69, 9.17) is 0 Å². The van der Waals surface area contributed by atoms with Crippen LogP contribution in [0.1, 0.15) is 37.4 Å². The summed E-state index contributed by atoms with van der Waals surface area (Å²) in [6.07, 6.45) is 4.21. The fraction of sp³-hybridized carbons (Fsp3) is 0.538. The summed E-state index contributed by atoms with van der Waals surface area (Å²) in [5.74, 6) is -0.631. The smallest absolute Gasteiger partial charge is 0.162 e. The SMILES string of the molecule is CC(C)(C(=O)C1CCc2cccnc21)S(C)(=O)=O. The molecule has 0 saturated heterocycles. The number of rotatable bonds is 3. The van der Waals surface area contributed by atoms with Crippen molar-refractivity contribution in [2.75, 3.05) is 6.26 Å². The Hall–Kier alpha value is -1.23. The molecule has 1 aromatic rings. The van der Waals surface area contributed by atoms with Crippen molar-refractivity contribution >= 4 is 15.6 Å². The molecule has 0 saturated carbocycles. The summed E-state index contributed by atoms with van der Waals surface area (Å²) in [7, 11) is -3.42. The highest BCUT2D eigenvalue weighted by atomic mass is 32.2. The van der Waals surface area contributed by atoms with Crippen molar-refractivity contribution in [3.05, 3.63) is 29.6 Å². The van der Waals surface area contributed by atoms with Gasteiger partial charge in [0.1, 0.15) is 4.75 Å². The lowest BCUT2D eigenvalue weighted by atomic mass is 9.92. The number of hydrogen-bond acceptors (Lipinski definition) is 4. The molecule has 0 N–H and O–H groups in total. The van der Waals surface area contributed by atoms with Crippen molar-refractivity contribution in [1.82, 2.24) is 4.98 Å². The van der Waals surface area contributed by atoms with Gasteiger partial charge < -0.3 is 0 Å². The van der Waals surface area contributed by atoms with Gasteiger partial charge in [-0.25, -0.2) is 8.42 Å². The number of aromatic nitrogens is 1. The number of nitrogens with zero attached hydrogens (tertiary/aromatic N) is 1. The quantitative estimate of drug-likeness (QED) is 0.832. The maximum absolute atomic E-state index is 12.5. The lowest BCUT2D eigenvalue weighted by molar-refractivity contribution is -0.122. The van der Waals surface area contributed by atoms with Crippen molar-refractivity contribution in [1.29, 1.82) is 0 Å². The second kappa shape index (κ2) is 4.16. The third kappa shape index (κ3) is 1.96. The van der Waals surface area contributed by atoms with Crippen LogP contribution in [0, 0.1) is 0 Å². The molecule has 0 aliphatic heterocycles. The molecule has 0 radical (unpaired) electrons. The van der Waals surface area contributed by atoms with Crippen molar-refractivity contribution in [3.8, 4) is 0 Å². The van der Waals surface area contributed by atoms with Crippen LogP contribution in [0.5, 0.6) is 0 Å². The van der Waals surface area contributed by atoms with Gasteiger partial charge in [0.2, 0.25) is 0 Å². The Morgan fingerprint density at radius 1 is 1.44 bits per heavy atom. The first-order valence-corrected chi connectivity index (χ1v) is 7.82. The summed E-state index contributed by atoms with van der Waals surface area (Å²) >= 11 is 0. The van der Waals surface area contributed by atoms with Crippen LogP contribution in [0.25, 0.3) is 0 Å². The van der Waals surface area contributed by atoms with Crippen molar-refractivity contribution in [3.63, 3.8) is 0 Å². The summed E-state index contributed by atoms with van der Waals surface area (Å²) in [6, 6.07) is 3.79. The van der Waals surface area contributed by atoms with E-state index in [0.717, 1.165) is 23.9 Å². The third-order valence-corrected chi connectivity index (χ3v) is 5.85. The summed E-state index contributed by atoms with van der Waals surface area (Å²) in [5, 5.41) is 0. The number of ketones is 1. The first-order valence-electron chi connectivity index (χ1n) is 5.93. The number of carbonyl (C=O) groups excluding carboxylic acids is 1. The third-order valence-electron chi connectivity index (χ3n) is 3.80. The predicted octanol–water partition coefficient (Wildman–Crippen LogP) is 1.50. The summed E-state index contributed by atoms with van der Waals surface area (Å²) in [6.45, 7) is 2.96. The van der Waals surface area contributed by atoms with E-state index in [1.165, 1.54) is 13.8 Å². The number of carbonyl (C=O) groups is 1. The van der Waals surface area contributed by atoms with Gasteiger partial charge in [-0.2, -0.15) is 0 Å². The second-order valence-corrected chi connectivity index (χ2v) is 7.85. The molecule has 1 atom stereocenters. The van der Waals surface area contributed by atoms with E-state index in [0.29, 0.717) is 6.42 Å². The molecule has 4 nitrogen and oxygen atoms in total. The Bertz CT molecular complexity index is 590. The number of hydrogen-bond donors (Lipinski definition) is 0. The molecule has 0 fully saturated rings. The van der Waals surface area contributed by atoms with Crippen LogP contribution >= 0.6 is 0 Å². The van der Waals surface area contributed by atoms with Gasteiger partial charge in [0.25, 0.3) is 0 Å². The Labute approximate surface area is 107 Å². The number of Topliss-reactive ketones (excluding diaryl/α,β-unsaturated/α-hetero) is 1. The zero-order chi connectivity index (χ0) is 13.6. The van der Waals surface area contributed by atoms with E-state index < -0.39 is 14.6 Å². The van der Waals surface area contributed by atoms with Gasteiger partial charge in [0, 0.05) is 12.5 Å². The molecule has 1 aliphatic carbocycles. The molecule has 2 rings (SSSR count). The van der Waals surface area contributed by atoms with E-state index in [2.05, 4.69) is 4.98 Å². The van der Waals surface area contributed by atoms with E-state index in [9.17, 15) is 13.2 Å². The van der Waals surface area contributed by atoms with Gasteiger partial charge >= 0.3 is 0 Å². The van der Waals surface area contributed by atoms with Crippen LogP contribution in [0.3, 0.4) is 0 Å². The van der Waals surface area contributed by atoms with Crippen LogP contribution in [0.15, 0.2) is 18.3 Å². The molecule has 0 bridgehead atoms. The maximum atomic E-state index is 12.5. The van der Waals surface area contributed by atoms with Crippen LogP contribution in [0.2, 0.25) is 0 Å². The fourth-order valence-electron chi connectivity index (χ4n) is 2.27. The molecule has 0 spiro atoms. The van der Waals surface area contributed by atoms with Gasteiger partial charge in [-0.3, -0.25) is 9.78 Å². The van der Waals surface area contributed by atoms with E-state index >= 15 is 0 Å². The van der Waals surface area contributed by atoms with Crippen molar-refractivity contribution in [2.45, 2.75) is 37.4 Å². The number of pyridine rings is 1. The highest BCUT2D eigenvalue weighted by Gasteiger charge is 2.44. The average Bonchev–Trinajstić information content (AvgIpc) is 2.70. The van der Waals surface area contributed by atoms with E-state index in [1.807, 2.05) is 12.1 Å². The van der Waals surface area contributed by atoms with Crippen LogP contribution < -0.4 is 0 Å². The first kappa shape index (κ1) is 13.2. The van der Waals surface area contributed by atoms with Crippen LogP contribution in [-0.2, 0) is 21.1 Å². The highest BCUT2D eigenvalue weighted by molar-refractivity contribution is 7.92. The van der Waals surface area contributed by atoms with E-state index in [1.54, 1.807) is 6.20 Å². The Kier molecular flexibility index (Phi) is 3.05. The van der Waals surface area contributed by atoms with E-state index in [-0.39, 0.29) is 11.7 Å². The molecular weight excluding hydrogens is 250 g/mol. The molecule has 1 heterocycles. The summed E-state index contributed by atoms with van der Waals surface area (Å²) < 4.78 is 22.1. The van der Waals surface area contributed by atoms with Gasteiger partial charge in [-0.15, -0.1) is 0 Å². The van der Waals surface area contributed by atoms with Gasteiger partial charge in [-0.1, -0.05) is 6.07 Å². The Morgan fingerprint density at radius 2 is 2.11 bits per heavy atom. The van der Waals surface area contributed by atoms with Gasteiger partial charge in [-0.05, 0) is 38.3 Å². The standard InChI is InChI=1S/C13H17NO3S/c1-13(2,18(3,16)17)12(15)10-7-6-9-5-4-8-14-11(9)10/h4-5,8,10H,6-7H2,1-3H3. The maximum Gasteiger partial charge on any atom is 0.162 e. The van der Waals surface area contributed by atoms with Crippen LogP contribution in [-0.4, -0.2) is 30.2 Å². The van der Waals surface area contributed by atoms with Crippen molar-refractivity contribution < 1.29 is 13.2 Å². The van der Waals surface area contributed by atoms with Gasteiger partial charge in [0.15, 0.2) is 15.6 Å². The molecule has 1 aromatic heterocycles. The zero-order valence-corrected chi connectivity index (χ0v) is 11.6. The highest BCUT2D eigenvalue weighted by Crippen LogP contribution is 2.36. The predicted molar refractivity (Wildman–Crippen MR) is 69.2 cm³/mol. The molecule has 0 amide bonds. The Morgan fingerprint density at radius 3 is 2.72 bits per heavy atom. The van der Waals surface area contributed by atoms with Crippen LogP contribution in [0.4, 0.5) is 0 Å². The topological polar surface area (TPSA) is 64.1 Å². The lowest BCUT2D eigenvalue weighted by Crippen LogP contribution is -2.42. The molecular formula is C13H17NO3S. The fourth-order valence-corrected chi connectivity index (χ4v) is 2.78. The second-order valence-electron chi connectivity index (χ2n) is 5.29. The summed E-state index contributed by atoms with van der Waals surface area (Å²) in [4.78, 5) is 16.7. The first-order chi connectivity index (χ1) is 8.25. The molecule has 18 heavy (non-hydrogen) atoms. The van der Waals surface area contributed by atoms with Gasteiger partial charge in [0.05, 0.1) is 11.6 Å². The summed E-state index contributed by atoms with van der Waals surface area (Å²) in [5.41, 5.74) is 1.80. The minimum absolute atomic E-state index is 0.248. The van der Waals surface area contributed by atoms with Crippen molar-refractivity contribution in [2.24, 2.45) is 0 Å². The minimum atomic E-state index is -3.42. The monoisotopic (exact) mass is 267 g/mol. The molecule has 1 aliphatic rings. The Balaban J connectivity index is 2.39. The zero-order valence-electron chi connectivity index (χ0n) is 10.8. The lowest BCUT2D eigenvalue weighted by Gasteiger charge is -2.24.